The molecule has 0 aliphatic rings. The number of nitrogens with zero attached hydrogens (tertiary/aromatic N) is 1. The van der Waals surface area contributed by atoms with Gasteiger partial charge in [0.2, 0.25) is 0 Å². The minimum Gasteiger partial charge on any atom is -0.397 e. The number of hydrogen-bond donors (Lipinski definition) is 2. The van der Waals surface area contributed by atoms with Crippen LogP contribution in [0.1, 0.15) is 0 Å². The third kappa shape index (κ3) is 1.86. The number of aromatic nitrogens is 2. The maximum absolute atomic E-state index is 5.89. The predicted molar refractivity (Wildman–Crippen MR) is 58.6 cm³/mol. The summed E-state index contributed by atoms with van der Waals surface area (Å²) >= 11 is 7.34. The number of halogens is 1. The fourth-order valence-electron chi connectivity index (χ4n) is 1.02. The summed E-state index contributed by atoms with van der Waals surface area (Å²) in [6, 6.07) is 5.54. The Labute approximate surface area is 90.7 Å². The van der Waals surface area contributed by atoms with Crippen molar-refractivity contribution in [1.82, 2.24) is 9.97 Å². The Balaban J connectivity index is 2.29. The lowest BCUT2D eigenvalue weighted by Crippen LogP contribution is -1.89. The SMILES string of the molecule is Nc1c(Cl)cccc1Sc1ncc[nH]1. The molecule has 1 aromatic heterocycles. The number of anilines is 1. The van der Waals surface area contributed by atoms with Crippen molar-refractivity contribution in [2.24, 2.45) is 0 Å². The highest BCUT2D eigenvalue weighted by Gasteiger charge is 2.05. The number of hydrogen-bond acceptors (Lipinski definition) is 3. The zero-order valence-corrected chi connectivity index (χ0v) is 8.77. The van der Waals surface area contributed by atoms with Crippen LogP contribution in [0, 0.1) is 0 Å². The molecule has 0 aliphatic carbocycles. The standard InChI is InChI=1S/C9H8ClN3S/c10-6-2-1-3-7(8(6)11)14-9-12-4-5-13-9/h1-5H,11H2,(H,12,13). The molecular formula is C9H8ClN3S. The van der Waals surface area contributed by atoms with Gasteiger partial charge in [0.25, 0.3) is 0 Å². The zero-order valence-electron chi connectivity index (χ0n) is 7.20. The molecule has 3 nitrogen and oxygen atoms in total. The molecule has 0 spiro atoms. The number of nitrogens with two attached hydrogens (primary N) is 1. The third-order valence-corrected chi connectivity index (χ3v) is 3.01. The summed E-state index contributed by atoms with van der Waals surface area (Å²) in [4.78, 5) is 7.99. The normalized spacial score (nSPS) is 10.4. The van der Waals surface area contributed by atoms with Crippen LogP contribution in [0.2, 0.25) is 5.02 Å². The van der Waals surface area contributed by atoms with Crippen molar-refractivity contribution in [3.8, 4) is 0 Å². The number of para-hydroxylation sites is 1. The number of H-pyrrole nitrogens is 1. The van der Waals surface area contributed by atoms with Crippen molar-refractivity contribution >= 4 is 29.1 Å². The smallest absolute Gasteiger partial charge is 0.170 e. The van der Waals surface area contributed by atoms with Crippen molar-refractivity contribution in [2.45, 2.75) is 10.1 Å². The molecule has 3 N–H and O–H groups in total. The summed E-state index contributed by atoms with van der Waals surface area (Å²) in [5, 5.41) is 1.38. The van der Waals surface area contributed by atoms with Gasteiger partial charge in [0.1, 0.15) is 0 Å². The van der Waals surface area contributed by atoms with Gasteiger partial charge in [-0.2, -0.15) is 0 Å². The maximum atomic E-state index is 5.89. The van der Waals surface area contributed by atoms with Gasteiger partial charge < -0.3 is 10.7 Å². The van der Waals surface area contributed by atoms with E-state index in [-0.39, 0.29) is 0 Å². The molecule has 0 fully saturated rings. The molecule has 0 saturated heterocycles. The van der Waals surface area contributed by atoms with Gasteiger partial charge in [0.05, 0.1) is 10.7 Å². The van der Waals surface area contributed by atoms with Crippen LogP contribution in [0.15, 0.2) is 40.6 Å². The van der Waals surface area contributed by atoms with E-state index in [9.17, 15) is 0 Å². The van der Waals surface area contributed by atoms with Gasteiger partial charge >= 0.3 is 0 Å². The van der Waals surface area contributed by atoms with Crippen LogP contribution in [0.3, 0.4) is 0 Å². The topological polar surface area (TPSA) is 54.7 Å². The molecule has 0 unspecified atom stereocenters. The first-order chi connectivity index (χ1) is 6.77. The quantitative estimate of drug-likeness (QED) is 0.773. The van der Waals surface area contributed by atoms with Gasteiger partial charge in [-0.3, -0.25) is 0 Å². The molecule has 1 aromatic carbocycles. The Kier molecular flexibility index (Phi) is 2.65. The molecule has 2 rings (SSSR count). The highest BCUT2D eigenvalue weighted by molar-refractivity contribution is 7.99. The summed E-state index contributed by atoms with van der Waals surface area (Å²) in [5.41, 5.74) is 6.40. The van der Waals surface area contributed by atoms with Crippen LogP contribution >= 0.6 is 23.4 Å². The summed E-state index contributed by atoms with van der Waals surface area (Å²) in [6.07, 6.45) is 3.46. The fourth-order valence-corrected chi connectivity index (χ4v) is 2.06. The number of nitrogens with one attached hydrogen (secondary N) is 1. The molecule has 0 amide bonds. The molecule has 1 heterocycles. The highest BCUT2D eigenvalue weighted by Crippen LogP contribution is 2.33. The summed E-state index contributed by atoms with van der Waals surface area (Å²) in [6.45, 7) is 0. The summed E-state index contributed by atoms with van der Waals surface area (Å²) in [5.74, 6) is 0. The minimum atomic E-state index is 0.571. The van der Waals surface area contributed by atoms with Crippen molar-refractivity contribution in [1.29, 1.82) is 0 Å². The van der Waals surface area contributed by atoms with Crippen molar-refractivity contribution < 1.29 is 0 Å². The average molecular weight is 226 g/mol. The second-order valence-corrected chi connectivity index (χ2v) is 4.09. The molecule has 0 radical (unpaired) electrons. The first-order valence-corrected chi connectivity index (χ1v) is 5.18. The molecule has 14 heavy (non-hydrogen) atoms. The van der Waals surface area contributed by atoms with Gasteiger partial charge in [-0.15, -0.1) is 0 Å². The third-order valence-electron chi connectivity index (χ3n) is 1.69. The van der Waals surface area contributed by atoms with Crippen molar-refractivity contribution in [3.63, 3.8) is 0 Å². The largest absolute Gasteiger partial charge is 0.397 e. The van der Waals surface area contributed by atoms with E-state index < -0.39 is 0 Å². The predicted octanol–water partition coefficient (Wildman–Crippen LogP) is 2.80. The summed E-state index contributed by atoms with van der Waals surface area (Å²) < 4.78 is 0. The Morgan fingerprint density at radius 1 is 1.43 bits per heavy atom. The molecule has 0 atom stereocenters. The second kappa shape index (κ2) is 3.94. The van der Waals surface area contributed by atoms with Gasteiger partial charge in [-0.25, -0.2) is 4.98 Å². The van der Waals surface area contributed by atoms with E-state index >= 15 is 0 Å². The molecule has 0 bridgehead atoms. The van der Waals surface area contributed by atoms with Gasteiger partial charge in [0, 0.05) is 17.3 Å². The van der Waals surface area contributed by atoms with Crippen LogP contribution < -0.4 is 5.73 Å². The first kappa shape index (κ1) is 9.43. The van der Waals surface area contributed by atoms with Gasteiger partial charge in [0.15, 0.2) is 5.16 Å². The highest BCUT2D eigenvalue weighted by atomic mass is 35.5. The molecule has 0 saturated carbocycles. The summed E-state index contributed by atoms with van der Waals surface area (Å²) in [7, 11) is 0. The number of nitrogen functional groups attached to an aromatic ring is 1. The van der Waals surface area contributed by atoms with Crippen LogP contribution in [0.4, 0.5) is 5.69 Å². The second-order valence-electron chi connectivity index (χ2n) is 2.65. The van der Waals surface area contributed by atoms with Gasteiger partial charge in [-0.1, -0.05) is 17.7 Å². The molecular weight excluding hydrogens is 218 g/mol. The number of benzene rings is 1. The number of imidazole rings is 1. The van der Waals surface area contributed by atoms with Crippen molar-refractivity contribution in [2.75, 3.05) is 5.73 Å². The van der Waals surface area contributed by atoms with E-state index in [0.717, 1.165) is 10.1 Å². The van der Waals surface area contributed by atoms with E-state index in [0.29, 0.717) is 10.7 Å². The van der Waals surface area contributed by atoms with Crippen LogP contribution in [-0.4, -0.2) is 9.97 Å². The Hall–Kier alpha value is -1.13. The van der Waals surface area contributed by atoms with Crippen molar-refractivity contribution in [3.05, 3.63) is 35.6 Å². The Morgan fingerprint density at radius 2 is 2.29 bits per heavy atom. The van der Waals surface area contributed by atoms with E-state index in [4.69, 9.17) is 17.3 Å². The minimum absolute atomic E-state index is 0.571. The van der Waals surface area contributed by atoms with Crippen LogP contribution in [-0.2, 0) is 0 Å². The monoisotopic (exact) mass is 225 g/mol. The van der Waals surface area contributed by atoms with E-state index in [1.165, 1.54) is 11.8 Å². The average Bonchev–Trinajstić information content (AvgIpc) is 2.66. The van der Waals surface area contributed by atoms with Gasteiger partial charge in [-0.05, 0) is 23.9 Å². The lowest BCUT2D eigenvalue weighted by atomic mass is 10.3. The van der Waals surface area contributed by atoms with Crippen LogP contribution in [0.25, 0.3) is 0 Å². The lowest BCUT2D eigenvalue weighted by molar-refractivity contribution is 1.06. The first-order valence-electron chi connectivity index (χ1n) is 3.98. The molecule has 5 heteroatoms. The fraction of sp³-hybridized carbons (Fsp3) is 0. The Morgan fingerprint density at radius 3 is 3.00 bits per heavy atom. The maximum Gasteiger partial charge on any atom is 0.170 e. The lowest BCUT2D eigenvalue weighted by Gasteiger charge is -2.03. The van der Waals surface area contributed by atoms with E-state index in [2.05, 4.69) is 9.97 Å². The van der Waals surface area contributed by atoms with E-state index in [1.807, 2.05) is 12.1 Å². The zero-order chi connectivity index (χ0) is 9.97. The molecule has 2 aromatic rings. The molecule has 72 valence electrons. The number of aromatic amines is 1. The Bertz CT molecular complexity index is 428. The molecule has 0 aliphatic heterocycles. The number of rotatable bonds is 2. The van der Waals surface area contributed by atoms with Crippen LogP contribution in [0.5, 0.6) is 0 Å². The van der Waals surface area contributed by atoms with E-state index in [1.54, 1.807) is 18.5 Å².